The summed E-state index contributed by atoms with van der Waals surface area (Å²) in [6.07, 6.45) is 3.81. The van der Waals surface area contributed by atoms with Gasteiger partial charge in [0.1, 0.15) is 0 Å². The summed E-state index contributed by atoms with van der Waals surface area (Å²) in [5, 5.41) is 4.22. The van der Waals surface area contributed by atoms with E-state index in [4.69, 9.17) is 11.6 Å². The highest BCUT2D eigenvalue weighted by molar-refractivity contribution is 14.1. The van der Waals surface area contributed by atoms with E-state index in [9.17, 15) is 0 Å². The Morgan fingerprint density at radius 3 is 2.50 bits per heavy atom. The van der Waals surface area contributed by atoms with Crippen molar-refractivity contribution in [2.45, 2.75) is 5.88 Å². The van der Waals surface area contributed by atoms with E-state index in [-0.39, 0.29) is 0 Å². The van der Waals surface area contributed by atoms with E-state index in [2.05, 4.69) is 27.7 Å². The first-order chi connectivity index (χ1) is 6.79. The molecule has 0 aliphatic rings. The standard InChI is InChI=1S/C10H8ClIN2/c11-5-8-1-3-10(4-2-8)14-7-9(12)6-13-14/h1-4,6-7H,5H2. The van der Waals surface area contributed by atoms with Crippen LogP contribution < -0.4 is 0 Å². The Labute approximate surface area is 101 Å². The highest BCUT2D eigenvalue weighted by Gasteiger charge is 1.98. The van der Waals surface area contributed by atoms with Crippen LogP contribution in [0.4, 0.5) is 0 Å². The van der Waals surface area contributed by atoms with Crippen molar-refractivity contribution in [3.05, 3.63) is 45.8 Å². The summed E-state index contributed by atoms with van der Waals surface area (Å²) in [6.45, 7) is 0. The van der Waals surface area contributed by atoms with Gasteiger partial charge in [-0.2, -0.15) is 5.10 Å². The van der Waals surface area contributed by atoms with Crippen molar-refractivity contribution in [2.75, 3.05) is 0 Å². The first-order valence-electron chi connectivity index (χ1n) is 4.15. The summed E-state index contributed by atoms with van der Waals surface area (Å²) in [5.41, 5.74) is 2.18. The number of nitrogens with zero attached hydrogens (tertiary/aromatic N) is 2. The SMILES string of the molecule is ClCc1ccc(-n2cc(I)cn2)cc1. The van der Waals surface area contributed by atoms with E-state index < -0.39 is 0 Å². The third-order valence-electron chi connectivity index (χ3n) is 1.91. The number of rotatable bonds is 2. The van der Waals surface area contributed by atoms with Gasteiger partial charge in [0.15, 0.2) is 0 Å². The van der Waals surface area contributed by atoms with Gasteiger partial charge in [0.05, 0.1) is 15.5 Å². The molecule has 0 N–H and O–H groups in total. The summed E-state index contributed by atoms with van der Waals surface area (Å²) in [4.78, 5) is 0. The minimum absolute atomic E-state index is 0.553. The number of benzene rings is 1. The minimum Gasteiger partial charge on any atom is -0.240 e. The van der Waals surface area contributed by atoms with Gasteiger partial charge >= 0.3 is 0 Å². The topological polar surface area (TPSA) is 17.8 Å². The van der Waals surface area contributed by atoms with Gasteiger partial charge in [0.2, 0.25) is 0 Å². The molecule has 0 saturated heterocycles. The molecule has 4 heteroatoms. The molecule has 0 unspecified atom stereocenters. The largest absolute Gasteiger partial charge is 0.240 e. The van der Waals surface area contributed by atoms with Crippen LogP contribution in [-0.2, 0) is 5.88 Å². The monoisotopic (exact) mass is 318 g/mol. The first kappa shape index (κ1) is 9.98. The molecule has 0 atom stereocenters. The van der Waals surface area contributed by atoms with Crippen LogP contribution >= 0.6 is 34.2 Å². The van der Waals surface area contributed by atoms with Gasteiger partial charge in [-0.15, -0.1) is 11.6 Å². The van der Waals surface area contributed by atoms with Gasteiger partial charge in [0.25, 0.3) is 0 Å². The van der Waals surface area contributed by atoms with Crippen LogP contribution in [0.25, 0.3) is 5.69 Å². The average Bonchev–Trinajstić information content (AvgIpc) is 2.65. The molecule has 72 valence electrons. The zero-order valence-corrected chi connectivity index (χ0v) is 10.2. The van der Waals surface area contributed by atoms with Crippen molar-refractivity contribution >= 4 is 34.2 Å². The van der Waals surface area contributed by atoms with Crippen molar-refractivity contribution < 1.29 is 0 Å². The molecule has 14 heavy (non-hydrogen) atoms. The van der Waals surface area contributed by atoms with E-state index in [1.54, 1.807) is 0 Å². The Hall–Kier alpha value is -0.550. The molecule has 2 aromatic rings. The van der Waals surface area contributed by atoms with Gasteiger partial charge in [-0.25, -0.2) is 4.68 Å². The summed E-state index contributed by atoms with van der Waals surface area (Å²) in [7, 11) is 0. The van der Waals surface area contributed by atoms with Gasteiger partial charge in [-0.05, 0) is 40.3 Å². The van der Waals surface area contributed by atoms with Crippen molar-refractivity contribution in [3.63, 3.8) is 0 Å². The fourth-order valence-corrected chi connectivity index (χ4v) is 1.75. The molecule has 0 amide bonds. The maximum atomic E-state index is 5.71. The Bertz CT molecular complexity index is 422. The Balaban J connectivity index is 2.33. The molecule has 0 aliphatic carbocycles. The molecule has 0 fully saturated rings. The lowest BCUT2D eigenvalue weighted by atomic mass is 10.2. The van der Waals surface area contributed by atoms with Crippen LogP contribution in [-0.4, -0.2) is 9.78 Å². The van der Waals surface area contributed by atoms with Crippen LogP contribution in [0.2, 0.25) is 0 Å². The molecule has 2 nitrogen and oxygen atoms in total. The van der Waals surface area contributed by atoms with Crippen LogP contribution in [0.5, 0.6) is 0 Å². The van der Waals surface area contributed by atoms with Crippen molar-refractivity contribution in [2.24, 2.45) is 0 Å². The highest BCUT2D eigenvalue weighted by atomic mass is 127. The molecule has 0 saturated carbocycles. The lowest BCUT2D eigenvalue weighted by Gasteiger charge is -2.01. The maximum absolute atomic E-state index is 5.71. The number of aromatic nitrogens is 2. The summed E-state index contributed by atoms with van der Waals surface area (Å²) in [6, 6.07) is 8.05. The first-order valence-corrected chi connectivity index (χ1v) is 5.76. The summed E-state index contributed by atoms with van der Waals surface area (Å²) < 4.78 is 2.98. The predicted molar refractivity (Wildman–Crippen MR) is 65.8 cm³/mol. The molecule has 1 aromatic carbocycles. The van der Waals surface area contributed by atoms with Crippen LogP contribution in [0.3, 0.4) is 0 Å². The third-order valence-corrected chi connectivity index (χ3v) is 2.77. The zero-order chi connectivity index (χ0) is 9.97. The van der Waals surface area contributed by atoms with Gasteiger partial charge in [-0.1, -0.05) is 12.1 Å². The van der Waals surface area contributed by atoms with E-state index in [0.29, 0.717) is 5.88 Å². The van der Waals surface area contributed by atoms with Crippen LogP contribution in [0.15, 0.2) is 36.7 Å². The summed E-state index contributed by atoms with van der Waals surface area (Å²) in [5.74, 6) is 0.553. The van der Waals surface area contributed by atoms with E-state index in [1.807, 2.05) is 41.3 Å². The molecule has 0 radical (unpaired) electrons. The van der Waals surface area contributed by atoms with Crippen molar-refractivity contribution in [3.8, 4) is 5.69 Å². The Morgan fingerprint density at radius 1 is 1.29 bits per heavy atom. The second kappa shape index (κ2) is 4.31. The van der Waals surface area contributed by atoms with Crippen LogP contribution in [0.1, 0.15) is 5.56 Å². The smallest absolute Gasteiger partial charge is 0.0646 e. The fraction of sp³-hybridized carbons (Fsp3) is 0.100. The second-order valence-corrected chi connectivity index (χ2v) is 4.42. The molecular weight excluding hydrogens is 310 g/mol. The third kappa shape index (κ3) is 2.09. The lowest BCUT2D eigenvalue weighted by molar-refractivity contribution is 0.879. The lowest BCUT2D eigenvalue weighted by Crippen LogP contribution is -1.93. The minimum atomic E-state index is 0.553. The van der Waals surface area contributed by atoms with Crippen LogP contribution in [0, 0.1) is 3.57 Å². The average molecular weight is 319 g/mol. The van der Waals surface area contributed by atoms with Gasteiger partial charge in [0, 0.05) is 12.1 Å². The molecule has 2 rings (SSSR count). The quantitative estimate of drug-likeness (QED) is 0.614. The molecule has 0 bridgehead atoms. The molecule has 1 aromatic heterocycles. The van der Waals surface area contributed by atoms with E-state index in [0.717, 1.165) is 14.8 Å². The maximum Gasteiger partial charge on any atom is 0.0646 e. The fourth-order valence-electron chi connectivity index (χ4n) is 1.18. The number of hydrogen-bond acceptors (Lipinski definition) is 1. The molecule has 0 aliphatic heterocycles. The normalized spacial score (nSPS) is 10.4. The number of alkyl halides is 1. The Kier molecular flexibility index (Phi) is 3.08. The van der Waals surface area contributed by atoms with E-state index in [1.165, 1.54) is 0 Å². The van der Waals surface area contributed by atoms with Crippen molar-refractivity contribution in [1.82, 2.24) is 9.78 Å². The second-order valence-electron chi connectivity index (χ2n) is 2.90. The number of halogens is 2. The number of hydrogen-bond donors (Lipinski definition) is 0. The van der Waals surface area contributed by atoms with Gasteiger partial charge in [-0.3, -0.25) is 0 Å². The van der Waals surface area contributed by atoms with Gasteiger partial charge < -0.3 is 0 Å². The zero-order valence-electron chi connectivity index (χ0n) is 7.32. The summed E-state index contributed by atoms with van der Waals surface area (Å²) >= 11 is 7.94. The predicted octanol–water partition coefficient (Wildman–Crippen LogP) is 3.22. The van der Waals surface area contributed by atoms with Crippen molar-refractivity contribution in [1.29, 1.82) is 0 Å². The van der Waals surface area contributed by atoms with E-state index >= 15 is 0 Å². The molecule has 0 spiro atoms. The molecule has 1 heterocycles. The Morgan fingerprint density at radius 2 is 2.00 bits per heavy atom. The molecular formula is C10H8ClIN2. The highest BCUT2D eigenvalue weighted by Crippen LogP contribution is 2.12.